The van der Waals surface area contributed by atoms with Crippen LogP contribution in [0.3, 0.4) is 0 Å². The Kier molecular flexibility index (Phi) is 4.16. The van der Waals surface area contributed by atoms with Gasteiger partial charge in [0.15, 0.2) is 0 Å². The number of rotatable bonds is 5. The molecule has 1 aromatic heterocycles. The first kappa shape index (κ1) is 11.8. The lowest BCUT2D eigenvalue weighted by atomic mass is 9.89. The molecule has 0 radical (unpaired) electrons. The fourth-order valence-corrected chi connectivity index (χ4v) is 2.09. The summed E-state index contributed by atoms with van der Waals surface area (Å²) in [6.45, 7) is 3.66. The van der Waals surface area contributed by atoms with E-state index in [1.54, 1.807) is 12.4 Å². The highest BCUT2D eigenvalue weighted by atomic mass is 35.5. The van der Waals surface area contributed by atoms with Crippen LogP contribution < -0.4 is 5.32 Å². The minimum absolute atomic E-state index is 0.454. The van der Waals surface area contributed by atoms with Gasteiger partial charge in [-0.3, -0.25) is 4.98 Å². The first-order valence-electron chi connectivity index (χ1n) is 5.73. The van der Waals surface area contributed by atoms with Gasteiger partial charge in [0.1, 0.15) is 0 Å². The fraction of sp³-hybridized carbons (Fsp3) is 0.583. The number of hydrogen-bond acceptors (Lipinski definition) is 3. The van der Waals surface area contributed by atoms with Crippen LogP contribution in [0, 0.1) is 0 Å². The summed E-state index contributed by atoms with van der Waals surface area (Å²) in [5.74, 6) is 0. The highest BCUT2D eigenvalue weighted by Crippen LogP contribution is 2.24. The highest BCUT2D eigenvalue weighted by molar-refractivity contribution is 6.31. The maximum Gasteiger partial charge on any atom is 0.0634 e. The lowest BCUT2D eigenvalue weighted by Crippen LogP contribution is -2.45. The zero-order chi connectivity index (χ0) is 11.4. The minimum atomic E-state index is 0.454. The zero-order valence-electron chi connectivity index (χ0n) is 9.45. The second kappa shape index (κ2) is 5.62. The van der Waals surface area contributed by atoms with Gasteiger partial charge >= 0.3 is 0 Å². The Balaban J connectivity index is 1.72. The van der Waals surface area contributed by atoms with Crippen molar-refractivity contribution in [3.05, 3.63) is 29.0 Å². The molecule has 1 N–H and O–H groups in total. The number of aromatic nitrogens is 1. The summed E-state index contributed by atoms with van der Waals surface area (Å²) in [4.78, 5) is 3.96. The number of pyridine rings is 1. The maximum atomic E-state index is 6.02. The average molecular weight is 241 g/mol. The molecular formula is C12H17ClN2O. The van der Waals surface area contributed by atoms with Crippen molar-refractivity contribution >= 4 is 11.6 Å². The van der Waals surface area contributed by atoms with E-state index < -0.39 is 0 Å². The van der Waals surface area contributed by atoms with Crippen molar-refractivity contribution in [1.29, 1.82) is 0 Å². The maximum absolute atomic E-state index is 6.02. The Morgan fingerprint density at radius 1 is 1.56 bits per heavy atom. The molecule has 1 aliphatic rings. The summed E-state index contributed by atoms with van der Waals surface area (Å²) in [6.07, 6.45) is 6.12. The summed E-state index contributed by atoms with van der Waals surface area (Å²) >= 11 is 6.02. The first-order valence-corrected chi connectivity index (χ1v) is 6.10. The lowest BCUT2D eigenvalue weighted by molar-refractivity contribution is -0.0102. The van der Waals surface area contributed by atoms with Gasteiger partial charge in [0.25, 0.3) is 0 Å². The SMILES string of the molecule is CCOC1CC(NCc2ccncc2Cl)C1. The number of nitrogens with zero attached hydrogens (tertiary/aromatic N) is 1. The molecule has 0 saturated heterocycles. The van der Waals surface area contributed by atoms with Gasteiger partial charge in [0, 0.05) is 31.6 Å². The smallest absolute Gasteiger partial charge is 0.0634 e. The van der Waals surface area contributed by atoms with Crippen molar-refractivity contribution in [2.75, 3.05) is 6.61 Å². The Hall–Kier alpha value is -0.640. The van der Waals surface area contributed by atoms with E-state index in [1.807, 2.05) is 13.0 Å². The van der Waals surface area contributed by atoms with Crippen molar-refractivity contribution in [1.82, 2.24) is 10.3 Å². The van der Waals surface area contributed by atoms with Gasteiger partial charge in [0.2, 0.25) is 0 Å². The Morgan fingerprint density at radius 2 is 2.38 bits per heavy atom. The van der Waals surface area contributed by atoms with Gasteiger partial charge in [-0.05, 0) is 31.4 Å². The molecule has 88 valence electrons. The molecule has 1 heterocycles. The second-order valence-electron chi connectivity index (χ2n) is 4.09. The predicted molar refractivity (Wildman–Crippen MR) is 64.5 cm³/mol. The molecular weight excluding hydrogens is 224 g/mol. The summed E-state index contributed by atoms with van der Waals surface area (Å²) in [5, 5.41) is 4.20. The fourth-order valence-electron chi connectivity index (χ4n) is 1.91. The molecule has 0 spiro atoms. The summed E-state index contributed by atoms with van der Waals surface area (Å²) in [7, 11) is 0. The van der Waals surface area contributed by atoms with E-state index in [9.17, 15) is 0 Å². The molecule has 0 bridgehead atoms. The van der Waals surface area contributed by atoms with Crippen molar-refractivity contribution in [3.63, 3.8) is 0 Å². The molecule has 0 aliphatic heterocycles. The molecule has 0 unspecified atom stereocenters. The van der Waals surface area contributed by atoms with Gasteiger partial charge in [0.05, 0.1) is 11.1 Å². The van der Waals surface area contributed by atoms with Crippen LogP contribution in [0.15, 0.2) is 18.5 Å². The van der Waals surface area contributed by atoms with Gasteiger partial charge in [-0.15, -0.1) is 0 Å². The third kappa shape index (κ3) is 2.94. The van der Waals surface area contributed by atoms with E-state index >= 15 is 0 Å². The predicted octanol–water partition coefficient (Wildman–Crippen LogP) is 2.39. The third-order valence-corrected chi connectivity index (χ3v) is 3.28. The van der Waals surface area contributed by atoms with Crippen LogP contribution in [0.25, 0.3) is 0 Å². The first-order chi connectivity index (χ1) is 7.79. The minimum Gasteiger partial charge on any atom is -0.378 e. The molecule has 1 aliphatic carbocycles. The van der Waals surface area contributed by atoms with Crippen LogP contribution in [0.4, 0.5) is 0 Å². The van der Waals surface area contributed by atoms with Crippen LogP contribution in [0.2, 0.25) is 5.02 Å². The molecule has 1 aromatic rings. The summed E-state index contributed by atoms with van der Waals surface area (Å²) in [6, 6.07) is 2.52. The topological polar surface area (TPSA) is 34.1 Å². The Labute approximate surface area is 101 Å². The monoisotopic (exact) mass is 240 g/mol. The quantitative estimate of drug-likeness (QED) is 0.858. The lowest BCUT2D eigenvalue weighted by Gasteiger charge is -2.35. The van der Waals surface area contributed by atoms with Crippen LogP contribution in [0.1, 0.15) is 25.3 Å². The Morgan fingerprint density at radius 3 is 3.06 bits per heavy atom. The van der Waals surface area contributed by atoms with Crippen LogP contribution >= 0.6 is 11.6 Å². The van der Waals surface area contributed by atoms with Crippen molar-refractivity contribution in [3.8, 4) is 0 Å². The summed E-state index contributed by atoms with van der Waals surface area (Å²) < 4.78 is 5.51. The molecule has 4 heteroatoms. The highest BCUT2D eigenvalue weighted by Gasteiger charge is 2.28. The standard InChI is InChI=1S/C12H17ClN2O/c1-2-16-11-5-10(6-11)15-7-9-3-4-14-8-12(9)13/h3-4,8,10-11,15H,2,5-7H2,1H3. The largest absolute Gasteiger partial charge is 0.378 e. The van der Waals surface area contributed by atoms with E-state index in [0.717, 1.165) is 36.6 Å². The number of hydrogen-bond donors (Lipinski definition) is 1. The number of halogens is 1. The molecule has 0 amide bonds. The van der Waals surface area contributed by atoms with E-state index in [0.29, 0.717) is 12.1 Å². The number of nitrogens with one attached hydrogen (secondary N) is 1. The molecule has 3 nitrogen and oxygen atoms in total. The van der Waals surface area contributed by atoms with E-state index in [2.05, 4.69) is 10.3 Å². The van der Waals surface area contributed by atoms with Crippen molar-refractivity contribution in [2.24, 2.45) is 0 Å². The summed E-state index contributed by atoms with van der Waals surface area (Å²) in [5.41, 5.74) is 1.11. The van der Waals surface area contributed by atoms with E-state index in [-0.39, 0.29) is 0 Å². The molecule has 2 rings (SSSR count). The van der Waals surface area contributed by atoms with Gasteiger partial charge in [-0.2, -0.15) is 0 Å². The zero-order valence-corrected chi connectivity index (χ0v) is 10.2. The van der Waals surface area contributed by atoms with Crippen LogP contribution in [-0.4, -0.2) is 23.7 Å². The molecule has 1 saturated carbocycles. The second-order valence-corrected chi connectivity index (χ2v) is 4.50. The van der Waals surface area contributed by atoms with E-state index in [1.165, 1.54) is 0 Å². The third-order valence-electron chi connectivity index (χ3n) is 2.93. The van der Waals surface area contributed by atoms with Crippen molar-refractivity contribution < 1.29 is 4.74 Å². The molecule has 0 aromatic carbocycles. The molecule has 16 heavy (non-hydrogen) atoms. The van der Waals surface area contributed by atoms with Crippen LogP contribution in [0.5, 0.6) is 0 Å². The average Bonchev–Trinajstić information content (AvgIpc) is 2.23. The van der Waals surface area contributed by atoms with Gasteiger partial charge < -0.3 is 10.1 Å². The van der Waals surface area contributed by atoms with Gasteiger partial charge in [-0.1, -0.05) is 11.6 Å². The van der Waals surface area contributed by atoms with Crippen LogP contribution in [-0.2, 0) is 11.3 Å². The van der Waals surface area contributed by atoms with Gasteiger partial charge in [-0.25, -0.2) is 0 Å². The number of ether oxygens (including phenoxy) is 1. The normalized spacial score (nSPS) is 24.1. The van der Waals surface area contributed by atoms with Crippen molar-refractivity contribution in [2.45, 2.75) is 38.5 Å². The molecule has 1 fully saturated rings. The Bertz CT molecular complexity index is 340. The van der Waals surface area contributed by atoms with E-state index in [4.69, 9.17) is 16.3 Å². The molecule has 0 atom stereocenters.